The number of halogens is 2. The summed E-state index contributed by atoms with van der Waals surface area (Å²) in [6.45, 7) is 2.35. The van der Waals surface area contributed by atoms with Gasteiger partial charge in [-0.25, -0.2) is 13.6 Å². The van der Waals surface area contributed by atoms with Crippen LogP contribution in [0.2, 0.25) is 0 Å². The summed E-state index contributed by atoms with van der Waals surface area (Å²) in [5.74, 6) is -2.92. The van der Waals surface area contributed by atoms with Gasteiger partial charge in [-0.15, -0.1) is 0 Å². The average molecular weight is 500 g/mol. The summed E-state index contributed by atoms with van der Waals surface area (Å²) < 4.78 is 38.0. The van der Waals surface area contributed by atoms with E-state index in [1.807, 2.05) is 12.1 Å². The van der Waals surface area contributed by atoms with Crippen molar-refractivity contribution in [2.24, 2.45) is 0 Å². The van der Waals surface area contributed by atoms with Crippen molar-refractivity contribution in [3.63, 3.8) is 0 Å². The highest BCUT2D eigenvalue weighted by molar-refractivity contribution is 6.01. The van der Waals surface area contributed by atoms with Gasteiger partial charge >= 0.3 is 6.09 Å². The molecule has 0 unspecified atom stereocenters. The first-order valence-corrected chi connectivity index (χ1v) is 11.6. The zero-order valence-electron chi connectivity index (χ0n) is 19.9. The quantitative estimate of drug-likeness (QED) is 0.425. The van der Waals surface area contributed by atoms with Crippen molar-refractivity contribution in [3.05, 3.63) is 76.5 Å². The van der Waals surface area contributed by atoms with E-state index in [2.05, 4.69) is 20.5 Å². The van der Waals surface area contributed by atoms with Crippen molar-refractivity contribution < 1.29 is 32.7 Å². The Bertz CT molecular complexity index is 1280. The van der Waals surface area contributed by atoms with E-state index in [4.69, 9.17) is 4.52 Å². The van der Waals surface area contributed by atoms with Crippen LogP contribution >= 0.6 is 0 Å². The third kappa shape index (κ3) is 4.87. The molecule has 4 rings (SSSR count). The van der Waals surface area contributed by atoms with Crippen molar-refractivity contribution in [3.8, 4) is 11.3 Å². The summed E-state index contributed by atoms with van der Waals surface area (Å²) in [4.78, 5) is 24.3. The molecule has 2 heterocycles. The minimum atomic E-state index is -1.61. The number of carbonyl (C=O) groups is 2. The van der Waals surface area contributed by atoms with Crippen molar-refractivity contribution in [2.45, 2.75) is 31.3 Å². The predicted molar refractivity (Wildman–Crippen MR) is 127 cm³/mol. The van der Waals surface area contributed by atoms with Crippen LogP contribution in [0.1, 0.15) is 46.4 Å². The van der Waals surface area contributed by atoms with E-state index in [-0.39, 0.29) is 41.3 Å². The van der Waals surface area contributed by atoms with Crippen LogP contribution in [0, 0.1) is 11.6 Å². The van der Waals surface area contributed by atoms with Gasteiger partial charge in [-0.05, 0) is 49.6 Å². The third-order valence-corrected chi connectivity index (χ3v) is 6.54. The highest BCUT2D eigenvalue weighted by Crippen LogP contribution is 2.44. The molecular weight excluding hydrogens is 472 g/mol. The molecule has 10 heteroatoms. The normalized spacial score (nSPS) is 19.6. The number of piperidine rings is 1. The number of rotatable bonds is 7. The Labute approximate surface area is 206 Å². The summed E-state index contributed by atoms with van der Waals surface area (Å²) in [5, 5.41) is 21.7. The summed E-state index contributed by atoms with van der Waals surface area (Å²) in [7, 11) is 1.28. The lowest BCUT2D eigenvalue weighted by atomic mass is 9.73. The number of methoxy groups -OCH3 is 1. The number of benzene rings is 2. The van der Waals surface area contributed by atoms with Crippen molar-refractivity contribution in [2.75, 3.05) is 26.7 Å². The molecule has 190 valence electrons. The maximum absolute atomic E-state index is 14.1. The van der Waals surface area contributed by atoms with Gasteiger partial charge in [-0.2, -0.15) is 0 Å². The molecule has 0 saturated carbocycles. The summed E-state index contributed by atoms with van der Waals surface area (Å²) >= 11 is 0. The van der Waals surface area contributed by atoms with Crippen LogP contribution in [0.3, 0.4) is 0 Å². The SMILES string of the molecule is COC(=O)NCCc1ccccc1-c1onc([C@H]2CNCC[C@]2(O)c2ccc(F)c(F)c2)c1C(C)=O. The molecule has 1 saturated heterocycles. The number of amides is 1. The third-order valence-electron chi connectivity index (χ3n) is 6.54. The van der Waals surface area contributed by atoms with E-state index in [0.29, 0.717) is 25.1 Å². The number of alkyl carbamates (subject to hydrolysis) is 1. The molecule has 3 N–H and O–H groups in total. The number of ether oxygens (including phenoxy) is 1. The maximum atomic E-state index is 14.1. The van der Waals surface area contributed by atoms with Crippen LogP contribution in [-0.4, -0.2) is 48.9 Å². The van der Waals surface area contributed by atoms with Crippen molar-refractivity contribution in [1.29, 1.82) is 0 Å². The molecule has 1 aromatic heterocycles. The zero-order valence-corrected chi connectivity index (χ0v) is 19.9. The molecule has 1 amide bonds. The number of hydrogen-bond donors (Lipinski definition) is 3. The summed E-state index contributed by atoms with van der Waals surface area (Å²) in [6.07, 6.45) is 0.0701. The van der Waals surface area contributed by atoms with Gasteiger partial charge in [0.1, 0.15) is 11.3 Å². The fourth-order valence-electron chi connectivity index (χ4n) is 4.70. The fourth-order valence-corrected chi connectivity index (χ4v) is 4.70. The number of ketones is 1. The monoisotopic (exact) mass is 499 g/mol. The van der Waals surface area contributed by atoms with E-state index < -0.39 is 29.2 Å². The van der Waals surface area contributed by atoms with Gasteiger partial charge in [0.2, 0.25) is 0 Å². The molecule has 1 aliphatic heterocycles. The molecular formula is C26H27F2N3O5. The Morgan fingerprint density at radius 3 is 2.75 bits per heavy atom. The van der Waals surface area contributed by atoms with Gasteiger partial charge in [0.15, 0.2) is 23.2 Å². The van der Waals surface area contributed by atoms with Gasteiger partial charge in [-0.1, -0.05) is 35.5 Å². The Hall–Kier alpha value is -3.63. The average Bonchev–Trinajstić information content (AvgIpc) is 3.31. The molecule has 2 atom stereocenters. The van der Waals surface area contributed by atoms with Crippen molar-refractivity contribution in [1.82, 2.24) is 15.8 Å². The second-order valence-electron chi connectivity index (χ2n) is 8.71. The van der Waals surface area contributed by atoms with Gasteiger partial charge in [0.25, 0.3) is 0 Å². The Morgan fingerprint density at radius 1 is 1.25 bits per heavy atom. The smallest absolute Gasteiger partial charge is 0.406 e. The highest BCUT2D eigenvalue weighted by atomic mass is 19.2. The number of Topliss-reactive ketones (excluding diaryl/α,β-unsaturated/α-hetero) is 1. The Balaban J connectivity index is 1.75. The first-order chi connectivity index (χ1) is 17.3. The predicted octanol–water partition coefficient (Wildman–Crippen LogP) is 3.69. The van der Waals surface area contributed by atoms with Crippen LogP contribution < -0.4 is 10.6 Å². The van der Waals surface area contributed by atoms with Gasteiger partial charge in [-0.3, -0.25) is 4.79 Å². The maximum Gasteiger partial charge on any atom is 0.406 e. The standard InChI is InChI=1S/C26H27F2N3O5/c1-15(32)22-23(19-14-29-12-10-26(19,34)17-7-8-20(27)21(28)13-17)31-36-24(22)18-6-4-3-5-16(18)9-11-30-25(33)35-2/h3-8,13,19,29,34H,9-12,14H2,1-2H3,(H,30,33)/t19-,26+/m1/s1. The van der Waals surface area contributed by atoms with E-state index >= 15 is 0 Å². The number of aromatic nitrogens is 1. The lowest BCUT2D eigenvalue weighted by Crippen LogP contribution is -2.47. The lowest BCUT2D eigenvalue weighted by Gasteiger charge is -2.40. The van der Waals surface area contributed by atoms with E-state index in [9.17, 15) is 23.5 Å². The molecule has 3 aromatic rings. The molecule has 1 fully saturated rings. The molecule has 36 heavy (non-hydrogen) atoms. The topological polar surface area (TPSA) is 114 Å². The molecule has 0 aliphatic carbocycles. The van der Waals surface area contributed by atoms with E-state index in [1.54, 1.807) is 12.1 Å². The Morgan fingerprint density at radius 2 is 2.03 bits per heavy atom. The molecule has 0 bridgehead atoms. The number of hydrogen-bond acceptors (Lipinski definition) is 7. The molecule has 1 aliphatic rings. The fraction of sp³-hybridized carbons (Fsp3) is 0.346. The second kappa shape index (κ2) is 10.5. The van der Waals surface area contributed by atoms with Gasteiger partial charge < -0.3 is 25.0 Å². The number of aliphatic hydroxyl groups is 1. The molecule has 0 radical (unpaired) electrons. The summed E-state index contributed by atoms with van der Waals surface area (Å²) in [5.41, 5.74) is 0.450. The first-order valence-electron chi connectivity index (χ1n) is 11.6. The number of nitrogens with one attached hydrogen (secondary N) is 2. The van der Waals surface area contributed by atoms with Gasteiger partial charge in [0, 0.05) is 18.7 Å². The molecule has 0 spiro atoms. The van der Waals surface area contributed by atoms with E-state index in [1.165, 1.54) is 20.1 Å². The minimum absolute atomic E-state index is 0.193. The number of carbonyl (C=O) groups excluding carboxylic acids is 2. The van der Waals surface area contributed by atoms with Gasteiger partial charge in [0.05, 0.1) is 18.6 Å². The van der Waals surface area contributed by atoms with Crippen LogP contribution in [0.25, 0.3) is 11.3 Å². The lowest BCUT2D eigenvalue weighted by molar-refractivity contribution is -0.0178. The van der Waals surface area contributed by atoms with Crippen LogP contribution in [0.5, 0.6) is 0 Å². The summed E-state index contributed by atoms with van der Waals surface area (Å²) in [6, 6.07) is 10.5. The molecule has 2 aromatic carbocycles. The highest BCUT2D eigenvalue weighted by Gasteiger charge is 2.45. The van der Waals surface area contributed by atoms with Crippen LogP contribution in [0.4, 0.5) is 13.6 Å². The second-order valence-corrected chi connectivity index (χ2v) is 8.71. The van der Waals surface area contributed by atoms with Crippen LogP contribution in [-0.2, 0) is 16.8 Å². The number of nitrogens with zero attached hydrogens (tertiary/aromatic N) is 1. The Kier molecular flexibility index (Phi) is 7.46. The largest absolute Gasteiger partial charge is 0.453 e. The van der Waals surface area contributed by atoms with Crippen molar-refractivity contribution >= 4 is 11.9 Å². The zero-order chi connectivity index (χ0) is 25.9. The minimum Gasteiger partial charge on any atom is -0.453 e. The first kappa shape index (κ1) is 25.5. The van der Waals surface area contributed by atoms with E-state index in [0.717, 1.165) is 17.7 Å². The van der Waals surface area contributed by atoms with Crippen LogP contribution in [0.15, 0.2) is 47.0 Å². The molecule has 8 nitrogen and oxygen atoms in total.